The molecule has 0 heterocycles. The lowest BCUT2D eigenvalue weighted by atomic mass is 9.92. The van der Waals surface area contributed by atoms with Crippen LogP contribution in [0.15, 0.2) is 0 Å². The van der Waals surface area contributed by atoms with Crippen LogP contribution in [0.4, 0.5) is 13.2 Å². The van der Waals surface area contributed by atoms with E-state index in [0.717, 1.165) is 12.8 Å². The topological polar surface area (TPSA) is 64.4 Å². The van der Waals surface area contributed by atoms with Gasteiger partial charge in [-0.15, -0.1) is 0 Å². The Kier molecular flexibility index (Phi) is 5.40. The minimum absolute atomic E-state index is 0.143. The third-order valence-electron chi connectivity index (χ3n) is 2.87. The van der Waals surface area contributed by atoms with Crippen molar-refractivity contribution in [1.29, 1.82) is 0 Å². The Labute approximate surface area is 104 Å². The number of alkyl halides is 3. The van der Waals surface area contributed by atoms with Gasteiger partial charge in [0.05, 0.1) is 12.1 Å². The summed E-state index contributed by atoms with van der Waals surface area (Å²) < 4.78 is 40.8. The second kappa shape index (κ2) is 6.38. The quantitative estimate of drug-likeness (QED) is 0.808. The molecule has 0 aromatic rings. The van der Waals surface area contributed by atoms with Crippen molar-refractivity contribution in [3.05, 3.63) is 0 Å². The molecule has 0 aromatic heterocycles. The first kappa shape index (κ1) is 15.2. The Morgan fingerprint density at radius 2 is 2.17 bits per heavy atom. The number of carbonyl (C=O) groups excluding carboxylic acids is 1. The monoisotopic (exact) mass is 268 g/mol. The van der Waals surface area contributed by atoms with E-state index in [0.29, 0.717) is 12.8 Å². The van der Waals surface area contributed by atoms with E-state index in [1.54, 1.807) is 6.92 Å². The Hall–Kier alpha value is -0.820. The number of hydrogen-bond acceptors (Lipinski definition) is 3. The van der Waals surface area contributed by atoms with Gasteiger partial charge in [0.1, 0.15) is 6.61 Å². The zero-order chi connectivity index (χ0) is 13.8. The van der Waals surface area contributed by atoms with Crippen LogP contribution in [0.25, 0.3) is 0 Å². The summed E-state index contributed by atoms with van der Waals surface area (Å²) in [6.07, 6.45) is -2.24. The molecule has 0 radical (unpaired) electrons. The highest BCUT2D eigenvalue weighted by molar-refractivity contribution is 5.81. The molecular weight excluding hydrogens is 249 g/mol. The lowest BCUT2D eigenvalue weighted by molar-refractivity contribution is -0.188. The summed E-state index contributed by atoms with van der Waals surface area (Å²) >= 11 is 0. The number of halogens is 3. The first-order chi connectivity index (χ1) is 8.28. The molecule has 4 nitrogen and oxygen atoms in total. The molecule has 18 heavy (non-hydrogen) atoms. The SMILES string of the molecule is C[C@@H](N)C(=O)NC1CCCC(OCC(F)(F)F)C1. The fourth-order valence-corrected chi connectivity index (χ4v) is 1.97. The van der Waals surface area contributed by atoms with Gasteiger partial charge in [-0.2, -0.15) is 13.2 Å². The summed E-state index contributed by atoms with van der Waals surface area (Å²) in [6, 6.07) is -0.753. The molecule has 2 unspecified atom stereocenters. The van der Waals surface area contributed by atoms with E-state index in [1.807, 2.05) is 0 Å². The van der Waals surface area contributed by atoms with Crippen LogP contribution >= 0.6 is 0 Å². The van der Waals surface area contributed by atoms with Crippen molar-refractivity contribution >= 4 is 5.91 Å². The molecule has 106 valence electrons. The van der Waals surface area contributed by atoms with E-state index in [2.05, 4.69) is 5.32 Å². The van der Waals surface area contributed by atoms with E-state index < -0.39 is 24.9 Å². The number of rotatable bonds is 4. The molecule has 1 aliphatic rings. The number of ether oxygens (including phenoxy) is 1. The van der Waals surface area contributed by atoms with Crippen LogP contribution in [0, 0.1) is 0 Å². The summed E-state index contributed by atoms with van der Waals surface area (Å²) in [6.45, 7) is 0.335. The van der Waals surface area contributed by atoms with Crippen LogP contribution in [-0.4, -0.2) is 36.9 Å². The molecule has 0 aliphatic heterocycles. The molecule has 0 saturated heterocycles. The molecule has 1 saturated carbocycles. The van der Waals surface area contributed by atoms with Crippen LogP contribution < -0.4 is 11.1 Å². The molecule has 1 aliphatic carbocycles. The number of nitrogens with two attached hydrogens (primary N) is 1. The van der Waals surface area contributed by atoms with E-state index in [1.165, 1.54) is 0 Å². The van der Waals surface area contributed by atoms with Crippen LogP contribution in [0.2, 0.25) is 0 Å². The highest BCUT2D eigenvalue weighted by Crippen LogP contribution is 2.24. The Morgan fingerprint density at radius 3 is 2.72 bits per heavy atom. The van der Waals surface area contributed by atoms with Crippen molar-refractivity contribution in [2.24, 2.45) is 5.73 Å². The van der Waals surface area contributed by atoms with Gasteiger partial charge in [-0.1, -0.05) is 0 Å². The fraction of sp³-hybridized carbons (Fsp3) is 0.909. The van der Waals surface area contributed by atoms with Crippen molar-refractivity contribution < 1.29 is 22.7 Å². The number of hydrogen-bond donors (Lipinski definition) is 2. The Bertz CT molecular complexity index is 282. The van der Waals surface area contributed by atoms with Gasteiger partial charge in [-0.05, 0) is 32.6 Å². The second-order valence-electron chi connectivity index (χ2n) is 4.71. The normalized spacial score (nSPS) is 26.7. The smallest absolute Gasteiger partial charge is 0.369 e. The van der Waals surface area contributed by atoms with Crippen molar-refractivity contribution in [1.82, 2.24) is 5.32 Å². The van der Waals surface area contributed by atoms with Gasteiger partial charge in [0, 0.05) is 6.04 Å². The molecular formula is C11H19F3N2O2. The molecule has 3 N–H and O–H groups in total. The summed E-state index contributed by atoms with van der Waals surface area (Å²) in [5.41, 5.74) is 5.41. The molecule has 7 heteroatoms. The summed E-state index contributed by atoms with van der Waals surface area (Å²) in [5, 5.41) is 2.72. The maximum Gasteiger partial charge on any atom is 0.411 e. The molecule has 0 spiro atoms. The van der Waals surface area contributed by atoms with Gasteiger partial charge >= 0.3 is 6.18 Å². The van der Waals surface area contributed by atoms with Crippen molar-refractivity contribution in [3.63, 3.8) is 0 Å². The van der Waals surface area contributed by atoms with Crippen LogP contribution in [0.1, 0.15) is 32.6 Å². The lowest BCUT2D eigenvalue weighted by Crippen LogP contribution is -2.46. The predicted molar refractivity (Wildman–Crippen MR) is 59.8 cm³/mol. The first-order valence-corrected chi connectivity index (χ1v) is 6.02. The molecule has 3 atom stereocenters. The van der Waals surface area contributed by atoms with E-state index in [4.69, 9.17) is 10.5 Å². The molecule has 0 bridgehead atoms. The standard InChI is InChI=1S/C11H19F3N2O2/c1-7(15)10(17)16-8-3-2-4-9(5-8)18-6-11(12,13)14/h7-9H,2-6,15H2,1H3,(H,16,17)/t7-,8?,9?/m1/s1. The number of carbonyl (C=O) groups is 1. The zero-order valence-corrected chi connectivity index (χ0v) is 10.3. The first-order valence-electron chi connectivity index (χ1n) is 6.02. The van der Waals surface area contributed by atoms with Gasteiger partial charge in [-0.25, -0.2) is 0 Å². The number of nitrogens with one attached hydrogen (secondary N) is 1. The zero-order valence-electron chi connectivity index (χ0n) is 10.3. The third-order valence-corrected chi connectivity index (χ3v) is 2.87. The van der Waals surface area contributed by atoms with Gasteiger partial charge in [0.2, 0.25) is 5.91 Å². The molecule has 0 aromatic carbocycles. The maximum absolute atomic E-state index is 12.0. The third kappa shape index (κ3) is 5.68. The van der Waals surface area contributed by atoms with Gasteiger partial charge < -0.3 is 15.8 Å². The van der Waals surface area contributed by atoms with E-state index >= 15 is 0 Å². The lowest BCUT2D eigenvalue weighted by Gasteiger charge is -2.30. The fourth-order valence-electron chi connectivity index (χ4n) is 1.97. The van der Waals surface area contributed by atoms with Crippen LogP contribution in [0.5, 0.6) is 0 Å². The molecule has 1 rings (SSSR count). The van der Waals surface area contributed by atoms with Crippen molar-refractivity contribution in [2.75, 3.05) is 6.61 Å². The van der Waals surface area contributed by atoms with E-state index in [-0.39, 0.29) is 11.9 Å². The largest absolute Gasteiger partial charge is 0.411 e. The molecule has 1 amide bonds. The van der Waals surface area contributed by atoms with Gasteiger partial charge in [0.15, 0.2) is 0 Å². The van der Waals surface area contributed by atoms with Gasteiger partial charge in [-0.3, -0.25) is 4.79 Å². The number of amides is 1. The van der Waals surface area contributed by atoms with E-state index in [9.17, 15) is 18.0 Å². The second-order valence-corrected chi connectivity index (χ2v) is 4.71. The van der Waals surface area contributed by atoms with Crippen molar-refractivity contribution in [2.45, 2.75) is 57.0 Å². The average Bonchev–Trinajstić information content (AvgIpc) is 2.26. The van der Waals surface area contributed by atoms with Crippen LogP contribution in [-0.2, 0) is 9.53 Å². The van der Waals surface area contributed by atoms with Crippen molar-refractivity contribution in [3.8, 4) is 0 Å². The Balaban J connectivity index is 2.34. The summed E-state index contributed by atoms with van der Waals surface area (Å²) in [5.74, 6) is -0.281. The maximum atomic E-state index is 12.0. The Morgan fingerprint density at radius 1 is 1.50 bits per heavy atom. The molecule has 1 fully saturated rings. The minimum Gasteiger partial charge on any atom is -0.369 e. The average molecular weight is 268 g/mol. The highest BCUT2D eigenvalue weighted by Gasteiger charge is 2.31. The predicted octanol–water partition coefficient (Wildman–Crippen LogP) is 1.34. The summed E-state index contributed by atoms with van der Waals surface area (Å²) in [7, 11) is 0. The highest BCUT2D eigenvalue weighted by atomic mass is 19.4. The van der Waals surface area contributed by atoms with Crippen LogP contribution in [0.3, 0.4) is 0 Å². The van der Waals surface area contributed by atoms with Gasteiger partial charge in [0.25, 0.3) is 0 Å². The summed E-state index contributed by atoms with van der Waals surface area (Å²) in [4.78, 5) is 11.4. The minimum atomic E-state index is -4.30.